The van der Waals surface area contributed by atoms with E-state index in [1.807, 2.05) is 0 Å². The lowest BCUT2D eigenvalue weighted by Crippen LogP contribution is -2.01. The predicted octanol–water partition coefficient (Wildman–Crippen LogP) is 2.70. The van der Waals surface area contributed by atoms with Gasteiger partial charge in [0.15, 0.2) is 0 Å². The van der Waals surface area contributed by atoms with Gasteiger partial charge in [0.05, 0.1) is 11.6 Å². The number of rotatable bonds is 3. The number of pyridine rings is 1. The lowest BCUT2D eigenvalue weighted by molar-refractivity contribution is -0.390. The first-order valence-electron chi connectivity index (χ1n) is 3.64. The smallest absolute Gasteiger partial charge is 0.406 e. The third kappa shape index (κ3) is 2.38. The quantitative estimate of drug-likeness (QED) is 0.632. The van der Waals surface area contributed by atoms with Gasteiger partial charge >= 0.3 is 12.2 Å². The van der Waals surface area contributed by atoms with Crippen molar-refractivity contribution in [3.05, 3.63) is 26.3 Å². The number of alkyl halides is 2. The first kappa shape index (κ1) is 11.8. The Morgan fingerprint density at radius 3 is 2.67 bits per heavy atom. The van der Waals surface area contributed by atoms with Crippen LogP contribution >= 0.6 is 15.9 Å². The van der Waals surface area contributed by atoms with E-state index in [1.54, 1.807) is 0 Å². The highest BCUT2D eigenvalue weighted by Gasteiger charge is 2.26. The number of hydrogen-bond acceptors (Lipinski definition) is 4. The first-order valence-corrected chi connectivity index (χ1v) is 4.43. The van der Waals surface area contributed by atoms with Crippen molar-refractivity contribution in [1.29, 1.82) is 0 Å². The molecule has 0 bridgehead atoms. The molecule has 15 heavy (non-hydrogen) atoms. The van der Waals surface area contributed by atoms with Gasteiger partial charge in [-0.2, -0.15) is 0 Å². The van der Waals surface area contributed by atoms with Gasteiger partial charge in [-0.25, -0.2) is 8.78 Å². The van der Waals surface area contributed by atoms with Crippen molar-refractivity contribution in [3.8, 4) is 5.75 Å². The van der Waals surface area contributed by atoms with Crippen LogP contribution in [-0.2, 0) is 0 Å². The van der Waals surface area contributed by atoms with Gasteiger partial charge in [-0.05, 0) is 25.8 Å². The van der Waals surface area contributed by atoms with Crippen LogP contribution in [0.2, 0.25) is 0 Å². The van der Waals surface area contributed by atoms with Crippen molar-refractivity contribution < 1.29 is 18.4 Å². The van der Waals surface area contributed by atoms with Crippen molar-refractivity contribution in [2.24, 2.45) is 0 Å². The molecular weight excluding hydrogens is 278 g/mol. The molecule has 0 radical (unpaired) electrons. The van der Waals surface area contributed by atoms with Crippen molar-refractivity contribution in [3.63, 3.8) is 0 Å². The summed E-state index contributed by atoms with van der Waals surface area (Å²) in [6, 6.07) is 1.09. The molecule has 1 aromatic heterocycles. The summed E-state index contributed by atoms with van der Waals surface area (Å²) in [6.07, 6.45) is -2.89. The molecule has 1 rings (SSSR count). The van der Waals surface area contributed by atoms with Crippen LogP contribution in [-0.4, -0.2) is 17.0 Å². The average molecular weight is 283 g/mol. The zero-order valence-electron chi connectivity index (χ0n) is 7.41. The summed E-state index contributed by atoms with van der Waals surface area (Å²) >= 11 is 2.83. The van der Waals surface area contributed by atoms with Crippen LogP contribution < -0.4 is 4.74 Å². The largest absolute Gasteiger partial charge is 0.489 e. The molecule has 0 fully saturated rings. The molecule has 0 aromatic carbocycles. The number of aromatic nitrogens is 1. The van der Waals surface area contributed by atoms with Crippen LogP contribution in [0.25, 0.3) is 0 Å². The van der Waals surface area contributed by atoms with Gasteiger partial charge in [0.1, 0.15) is 0 Å². The third-order valence-corrected chi connectivity index (χ3v) is 2.18. The van der Waals surface area contributed by atoms with E-state index in [1.165, 1.54) is 7.11 Å². The predicted molar refractivity (Wildman–Crippen MR) is 50.1 cm³/mol. The van der Waals surface area contributed by atoms with Crippen LogP contribution in [0.5, 0.6) is 5.75 Å². The van der Waals surface area contributed by atoms with Gasteiger partial charge < -0.3 is 14.9 Å². The van der Waals surface area contributed by atoms with Crippen molar-refractivity contribution >= 4 is 21.7 Å². The maximum atomic E-state index is 12.4. The molecule has 1 heterocycles. The van der Waals surface area contributed by atoms with Crippen molar-refractivity contribution in [2.75, 3.05) is 7.11 Å². The molecule has 0 saturated heterocycles. The van der Waals surface area contributed by atoms with Gasteiger partial charge in [-0.15, -0.1) is 0 Å². The standard InChI is InChI=1S/C7H5BrF2N2O3/c1-15-4-2-3(8)5(6(9)10)11-7(4)12(13)14/h2,6H,1H3. The zero-order chi connectivity index (χ0) is 11.6. The number of methoxy groups -OCH3 is 1. The Labute approximate surface area is 91.3 Å². The highest BCUT2D eigenvalue weighted by molar-refractivity contribution is 9.10. The summed E-state index contributed by atoms with van der Waals surface area (Å²) in [5.74, 6) is -0.896. The van der Waals surface area contributed by atoms with Gasteiger partial charge in [-0.3, -0.25) is 0 Å². The third-order valence-electron chi connectivity index (χ3n) is 1.55. The van der Waals surface area contributed by atoms with Gasteiger partial charge in [0.2, 0.25) is 11.4 Å². The van der Waals surface area contributed by atoms with Crippen LogP contribution in [0.4, 0.5) is 14.6 Å². The fourth-order valence-electron chi connectivity index (χ4n) is 0.910. The summed E-state index contributed by atoms with van der Waals surface area (Å²) < 4.78 is 29.3. The highest BCUT2D eigenvalue weighted by Crippen LogP contribution is 2.34. The van der Waals surface area contributed by atoms with E-state index in [4.69, 9.17) is 0 Å². The normalized spacial score (nSPS) is 10.5. The zero-order valence-corrected chi connectivity index (χ0v) is 8.99. The number of nitro groups is 1. The molecule has 0 N–H and O–H groups in total. The second-order valence-electron chi connectivity index (χ2n) is 2.44. The maximum Gasteiger partial charge on any atom is 0.406 e. The molecule has 0 saturated carbocycles. The maximum absolute atomic E-state index is 12.4. The van der Waals surface area contributed by atoms with Gasteiger partial charge in [-0.1, -0.05) is 0 Å². The van der Waals surface area contributed by atoms with Crippen molar-refractivity contribution in [2.45, 2.75) is 6.43 Å². The summed E-state index contributed by atoms with van der Waals surface area (Å²) in [6.45, 7) is 0. The minimum absolute atomic E-state index is 0.0278. The van der Waals surface area contributed by atoms with Crippen LogP contribution in [0.1, 0.15) is 12.1 Å². The molecule has 1 aromatic rings. The molecule has 0 aliphatic carbocycles. The summed E-state index contributed by atoms with van der Waals surface area (Å²) in [5.41, 5.74) is -0.678. The minimum Gasteiger partial charge on any atom is -0.489 e. The Morgan fingerprint density at radius 2 is 2.27 bits per heavy atom. The summed E-state index contributed by atoms with van der Waals surface area (Å²) in [7, 11) is 1.19. The van der Waals surface area contributed by atoms with E-state index in [2.05, 4.69) is 25.7 Å². The fourth-order valence-corrected chi connectivity index (χ4v) is 1.38. The van der Waals surface area contributed by atoms with Crippen LogP contribution in [0.15, 0.2) is 10.5 Å². The number of nitrogens with zero attached hydrogens (tertiary/aromatic N) is 2. The number of ether oxygens (including phenoxy) is 1. The Bertz CT molecular complexity index is 400. The molecule has 5 nitrogen and oxygen atoms in total. The van der Waals surface area contributed by atoms with Crippen LogP contribution in [0, 0.1) is 10.1 Å². The van der Waals surface area contributed by atoms with E-state index < -0.39 is 22.9 Å². The Kier molecular flexibility index (Phi) is 3.51. The van der Waals surface area contributed by atoms with E-state index >= 15 is 0 Å². The van der Waals surface area contributed by atoms with Crippen molar-refractivity contribution in [1.82, 2.24) is 4.98 Å². The molecule has 8 heteroatoms. The Balaban J connectivity index is 3.37. The topological polar surface area (TPSA) is 65.3 Å². The lowest BCUT2D eigenvalue weighted by Gasteiger charge is -2.03. The van der Waals surface area contributed by atoms with Gasteiger partial charge in [0.25, 0.3) is 0 Å². The fraction of sp³-hybridized carbons (Fsp3) is 0.286. The van der Waals surface area contributed by atoms with E-state index in [-0.39, 0.29) is 10.2 Å². The Morgan fingerprint density at radius 1 is 1.67 bits per heavy atom. The van der Waals surface area contributed by atoms with E-state index in [0.29, 0.717) is 0 Å². The molecule has 0 atom stereocenters. The first-order chi connectivity index (χ1) is 6.97. The molecule has 0 unspecified atom stereocenters. The average Bonchev–Trinajstić information content (AvgIpc) is 2.16. The molecule has 0 amide bonds. The van der Waals surface area contributed by atoms with E-state index in [9.17, 15) is 18.9 Å². The summed E-state index contributed by atoms with van der Waals surface area (Å²) in [5, 5.41) is 10.5. The SMILES string of the molecule is COc1cc(Br)c(C(F)F)nc1[N+](=O)[O-]. The molecule has 0 aliphatic rings. The highest BCUT2D eigenvalue weighted by atomic mass is 79.9. The number of hydrogen-bond donors (Lipinski definition) is 0. The lowest BCUT2D eigenvalue weighted by atomic mass is 10.3. The van der Waals surface area contributed by atoms with Gasteiger partial charge in [0, 0.05) is 6.07 Å². The Hall–Kier alpha value is -1.31. The second-order valence-corrected chi connectivity index (χ2v) is 3.29. The molecule has 82 valence electrons. The summed E-state index contributed by atoms with van der Waals surface area (Å²) in [4.78, 5) is 12.8. The van der Waals surface area contributed by atoms with E-state index in [0.717, 1.165) is 6.07 Å². The molecule has 0 spiro atoms. The molecular formula is C7H5BrF2N2O3. The molecule has 0 aliphatic heterocycles. The minimum atomic E-state index is -2.89. The van der Waals surface area contributed by atoms with Crippen LogP contribution in [0.3, 0.4) is 0 Å². The second kappa shape index (κ2) is 4.47. The number of halogens is 3. The monoisotopic (exact) mass is 282 g/mol.